The lowest BCUT2D eigenvalue weighted by Gasteiger charge is -2.20. The van der Waals surface area contributed by atoms with Crippen LogP contribution < -0.4 is 5.32 Å². The summed E-state index contributed by atoms with van der Waals surface area (Å²) < 4.78 is 9.68. The van der Waals surface area contributed by atoms with Crippen LogP contribution in [-0.2, 0) is 16.1 Å². The van der Waals surface area contributed by atoms with Crippen LogP contribution in [0.1, 0.15) is 30.0 Å². The van der Waals surface area contributed by atoms with Gasteiger partial charge in [0.15, 0.2) is 0 Å². The van der Waals surface area contributed by atoms with Crippen LogP contribution in [0.15, 0.2) is 16.7 Å². The summed E-state index contributed by atoms with van der Waals surface area (Å²) in [5, 5.41) is 3.06. The van der Waals surface area contributed by atoms with Crippen molar-refractivity contribution >= 4 is 11.9 Å². The number of methoxy groups -OCH3 is 1. The molecule has 1 rings (SSSR count). The molecule has 0 aliphatic rings. The maximum absolute atomic E-state index is 11.9. The second-order valence-corrected chi connectivity index (χ2v) is 4.22. The Kier molecular flexibility index (Phi) is 5.57. The standard InChI is InChI=1S/C13H20N2O4/c1-5-15(3)12(16)9(2)14-8-10-6-7-19-11(10)13(17)18-4/h6-7,9,14H,5,8H2,1-4H3. The Morgan fingerprint density at radius 2 is 2.21 bits per heavy atom. The van der Waals surface area contributed by atoms with Gasteiger partial charge in [0.2, 0.25) is 11.7 Å². The highest BCUT2D eigenvalue weighted by molar-refractivity contribution is 5.87. The minimum atomic E-state index is -0.522. The Labute approximate surface area is 112 Å². The maximum Gasteiger partial charge on any atom is 0.374 e. The minimum absolute atomic E-state index is 0.00520. The first-order valence-corrected chi connectivity index (χ1v) is 6.14. The summed E-state index contributed by atoms with van der Waals surface area (Å²) in [6.07, 6.45) is 1.42. The second kappa shape index (κ2) is 6.94. The molecule has 6 heteroatoms. The third-order valence-electron chi connectivity index (χ3n) is 2.94. The fourth-order valence-corrected chi connectivity index (χ4v) is 1.58. The van der Waals surface area contributed by atoms with Gasteiger partial charge in [-0.25, -0.2) is 4.79 Å². The average Bonchev–Trinajstić information content (AvgIpc) is 2.90. The zero-order valence-corrected chi connectivity index (χ0v) is 11.7. The largest absolute Gasteiger partial charge is 0.463 e. The van der Waals surface area contributed by atoms with Gasteiger partial charge in [-0.3, -0.25) is 4.79 Å². The first-order valence-electron chi connectivity index (χ1n) is 6.14. The van der Waals surface area contributed by atoms with Gasteiger partial charge in [0.05, 0.1) is 19.4 Å². The topological polar surface area (TPSA) is 71.8 Å². The first-order chi connectivity index (χ1) is 9.01. The van der Waals surface area contributed by atoms with Gasteiger partial charge < -0.3 is 19.4 Å². The molecule has 0 fully saturated rings. The third-order valence-corrected chi connectivity index (χ3v) is 2.94. The van der Waals surface area contributed by atoms with Crippen LogP contribution in [0.2, 0.25) is 0 Å². The van der Waals surface area contributed by atoms with Crippen LogP contribution in [0.5, 0.6) is 0 Å². The Hall–Kier alpha value is -1.82. The smallest absolute Gasteiger partial charge is 0.374 e. The minimum Gasteiger partial charge on any atom is -0.463 e. The van der Waals surface area contributed by atoms with Gasteiger partial charge in [-0.1, -0.05) is 0 Å². The number of nitrogens with one attached hydrogen (secondary N) is 1. The van der Waals surface area contributed by atoms with Gasteiger partial charge in [-0.15, -0.1) is 0 Å². The van der Waals surface area contributed by atoms with Gasteiger partial charge in [0, 0.05) is 25.7 Å². The number of hydrogen-bond donors (Lipinski definition) is 1. The summed E-state index contributed by atoms with van der Waals surface area (Å²) in [4.78, 5) is 24.9. The average molecular weight is 268 g/mol. The van der Waals surface area contributed by atoms with Crippen molar-refractivity contribution in [3.05, 3.63) is 23.7 Å². The van der Waals surface area contributed by atoms with Crippen LogP contribution in [0.4, 0.5) is 0 Å². The predicted octanol–water partition coefficient (Wildman–Crippen LogP) is 1.02. The third kappa shape index (κ3) is 3.82. The maximum atomic E-state index is 11.9. The van der Waals surface area contributed by atoms with E-state index in [9.17, 15) is 9.59 Å². The van der Waals surface area contributed by atoms with Gasteiger partial charge in [0.1, 0.15) is 0 Å². The molecule has 0 saturated carbocycles. The molecule has 1 N–H and O–H groups in total. The molecule has 0 bridgehead atoms. The summed E-state index contributed by atoms with van der Waals surface area (Å²) in [5.41, 5.74) is 0.672. The van der Waals surface area contributed by atoms with Crippen molar-refractivity contribution < 1.29 is 18.7 Å². The van der Waals surface area contributed by atoms with Crippen LogP contribution in [0.3, 0.4) is 0 Å². The monoisotopic (exact) mass is 268 g/mol. The van der Waals surface area contributed by atoms with E-state index in [1.54, 1.807) is 24.9 Å². The number of amides is 1. The lowest BCUT2D eigenvalue weighted by atomic mass is 10.2. The van der Waals surface area contributed by atoms with Gasteiger partial charge in [0.25, 0.3) is 0 Å². The van der Waals surface area contributed by atoms with Crippen molar-refractivity contribution in [1.82, 2.24) is 10.2 Å². The number of ether oxygens (including phenoxy) is 1. The number of rotatable bonds is 6. The molecule has 1 atom stereocenters. The van der Waals surface area contributed by atoms with E-state index in [-0.39, 0.29) is 17.7 Å². The number of nitrogens with zero attached hydrogens (tertiary/aromatic N) is 1. The van der Waals surface area contributed by atoms with Crippen LogP contribution >= 0.6 is 0 Å². The molecular formula is C13H20N2O4. The zero-order chi connectivity index (χ0) is 14.4. The van der Waals surface area contributed by atoms with E-state index in [0.717, 1.165) is 0 Å². The van der Waals surface area contributed by atoms with Crippen molar-refractivity contribution in [2.75, 3.05) is 20.7 Å². The van der Waals surface area contributed by atoms with Gasteiger partial charge >= 0.3 is 5.97 Å². The second-order valence-electron chi connectivity index (χ2n) is 4.22. The summed E-state index contributed by atoms with van der Waals surface area (Å²) in [6, 6.07) is 1.35. The highest BCUT2D eigenvalue weighted by Gasteiger charge is 2.19. The molecule has 0 spiro atoms. The normalized spacial score (nSPS) is 12.0. The molecule has 1 aromatic rings. The molecule has 1 unspecified atom stereocenters. The van der Waals surface area contributed by atoms with Crippen molar-refractivity contribution in [2.24, 2.45) is 0 Å². The fraction of sp³-hybridized carbons (Fsp3) is 0.538. The lowest BCUT2D eigenvalue weighted by Crippen LogP contribution is -2.42. The predicted molar refractivity (Wildman–Crippen MR) is 69.7 cm³/mol. The van der Waals surface area contributed by atoms with Crippen molar-refractivity contribution in [2.45, 2.75) is 26.4 Å². The molecule has 1 amide bonds. The molecule has 0 aliphatic carbocycles. The van der Waals surface area contributed by atoms with Crippen molar-refractivity contribution in [3.63, 3.8) is 0 Å². The number of hydrogen-bond acceptors (Lipinski definition) is 5. The summed E-state index contributed by atoms with van der Waals surface area (Å²) in [5.74, 6) is -0.351. The van der Waals surface area contributed by atoms with E-state index in [4.69, 9.17) is 4.42 Å². The van der Waals surface area contributed by atoms with E-state index < -0.39 is 5.97 Å². The quantitative estimate of drug-likeness (QED) is 0.780. The number of likely N-dealkylation sites (N-methyl/N-ethyl adjacent to an activating group) is 1. The molecule has 1 heterocycles. The van der Waals surface area contributed by atoms with E-state index >= 15 is 0 Å². The molecule has 0 aliphatic heterocycles. The van der Waals surface area contributed by atoms with Crippen LogP contribution in [-0.4, -0.2) is 43.5 Å². The number of esters is 1. The first kappa shape index (κ1) is 15.2. The van der Waals surface area contributed by atoms with Crippen LogP contribution in [0, 0.1) is 0 Å². The van der Waals surface area contributed by atoms with Crippen LogP contribution in [0.25, 0.3) is 0 Å². The van der Waals surface area contributed by atoms with Crippen molar-refractivity contribution in [3.8, 4) is 0 Å². The van der Waals surface area contributed by atoms with E-state index in [2.05, 4.69) is 10.1 Å². The molecule has 0 radical (unpaired) electrons. The zero-order valence-electron chi connectivity index (χ0n) is 11.7. The van der Waals surface area contributed by atoms with Gasteiger partial charge in [-0.2, -0.15) is 0 Å². The molecule has 0 saturated heterocycles. The van der Waals surface area contributed by atoms with Crippen molar-refractivity contribution in [1.29, 1.82) is 0 Å². The molecule has 106 valence electrons. The number of furan rings is 1. The Balaban J connectivity index is 2.60. The summed E-state index contributed by atoms with van der Waals surface area (Å²) in [6.45, 7) is 4.72. The SMILES string of the molecule is CCN(C)C(=O)C(C)NCc1ccoc1C(=O)OC. The fourth-order valence-electron chi connectivity index (χ4n) is 1.58. The van der Waals surface area contributed by atoms with E-state index in [1.165, 1.54) is 13.4 Å². The number of carbonyl (C=O) groups excluding carboxylic acids is 2. The molecule has 1 aromatic heterocycles. The Morgan fingerprint density at radius 3 is 2.79 bits per heavy atom. The van der Waals surface area contributed by atoms with Gasteiger partial charge in [-0.05, 0) is 19.9 Å². The lowest BCUT2D eigenvalue weighted by molar-refractivity contribution is -0.131. The molecule has 0 aromatic carbocycles. The molecular weight excluding hydrogens is 248 g/mol. The Bertz CT molecular complexity index is 442. The number of carbonyl (C=O) groups is 2. The highest BCUT2D eigenvalue weighted by atomic mass is 16.5. The molecule has 6 nitrogen and oxygen atoms in total. The Morgan fingerprint density at radius 1 is 1.53 bits per heavy atom. The highest BCUT2D eigenvalue weighted by Crippen LogP contribution is 2.11. The van der Waals surface area contributed by atoms with E-state index in [0.29, 0.717) is 18.7 Å². The summed E-state index contributed by atoms with van der Waals surface area (Å²) >= 11 is 0. The molecule has 19 heavy (non-hydrogen) atoms. The van der Waals surface area contributed by atoms with E-state index in [1.807, 2.05) is 6.92 Å². The summed E-state index contributed by atoms with van der Waals surface area (Å²) in [7, 11) is 3.04.